The maximum absolute atomic E-state index is 13.0. The normalized spacial score (nSPS) is 19.5. The Hall–Kier alpha value is -2.64. The molecule has 1 saturated heterocycles. The molecule has 1 amide bonds. The number of nitrogens with zero attached hydrogens (tertiary/aromatic N) is 2. The van der Waals surface area contributed by atoms with Gasteiger partial charge in [-0.3, -0.25) is 4.79 Å². The van der Waals surface area contributed by atoms with E-state index in [4.69, 9.17) is 4.74 Å². The highest BCUT2D eigenvalue weighted by Crippen LogP contribution is 2.35. The molecule has 0 aromatic heterocycles. The van der Waals surface area contributed by atoms with Crippen molar-refractivity contribution in [1.29, 1.82) is 0 Å². The van der Waals surface area contributed by atoms with E-state index in [0.717, 1.165) is 41.8 Å². The zero-order chi connectivity index (χ0) is 22.0. The number of anilines is 1. The van der Waals surface area contributed by atoms with Crippen LogP contribution in [0.1, 0.15) is 37.3 Å². The fourth-order valence-corrected chi connectivity index (χ4v) is 5.89. The Morgan fingerprint density at radius 3 is 2.45 bits per heavy atom. The average molecular weight is 441 g/mol. The second kappa shape index (κ2) is 8.85. The Balaban J connectivity index is 1.54. The number of benzene rings is 2. The van der Waals surface area contributed by atoms with Gasteiger partial charge in [-0.1, -0.05) is 18.6 Å². The van der Waals surface area contributed by atoms with E-state index < -0.39 is 10.0 Å². The highest BCUT2D eigenvalue weighted by molar-refractivity contribution is 7.89. The number of hydrogen-bond acceptors (Lipinski definition) is 4. The summed E-state index contributed by atoms with van der Waals surface area (Å²) in [5.74, 6) is 0.648. The molecule has 2 heterocycles. The molecule has 0 bridgehead atoms. The Bertz CT molecular complexity index is 1090. The zero-order valence-corrected chi connectivity index (χ0v) is 18.8. The fraction of sp³-hybridized carbons (Fsp3) is 0.375. The topological polar surface area (TPSA) is 66.9 Å². The number of methoxy groups -OCH3 is 1. The predicted molar refractivity (Wildman–Crippen MR) is 122 cm³/mol. The molecule has 1 unspecified atom stereocenters. The minimum absolute atomic E-state index is 0.0315. The van der Waals surface area contributed by atoms with E-state index in [1.165, 1.54) is 0 Å². The molecule has 0 N–H and O–H groups in total. The summed E-state index contributed by atoms with van der Waals surface area (Å²) in [6.45, 7) is 3.14. The number of ether oxygens (including phenoxy) is 1. The highest BCUT2D eigenvalue weighted by Gasteiger charge is 2.32. The third-order valence-corrected chi connectivity index (χ3v) is 7.89. The molecular formula is C24H28N2O4S. The van der Waals surface area contributed by atoms with Gasteiger partial charge in [0.25, 0.3) is 5.91 Å². The largest absolute Gasteiger partial charge is 0.497 e. The van der Waals surface area contributed by atoms with Crippen LogP contribution in [0, 0.1) is 0 Å². The predicted octanol–water partition coefficient (Wildman–Crippen LogP) is 3.86. The molecule has 2 aliphatic heterocycles. The van der Waals surface area contributed by atoms with E-state index >= 15 is 0 Å². The van der Waals surface area contributed by atoms with Crippen molar-refractivity contribution in [1.82, 2.24) is 4.31 Å². The molecule has 1 fully saturated rings. The first-order valence-corrected chi connectivity index (χ1v) is 12.1. The number of hydrogen-bond donors (Lipinski definition) is 0. The molecule has 4 rings (SSSR count). The number of rotatable bonds is 5. The van der Waals surface area contributed by atoms with E-state index in [-0.39, 0.29) is 11.9 Å². The molecule has 2 aliphatic rings. The smallest absolute Gasteiger partial charge is 0.251 e. The Morgan fingerprint density at radius 1 is 1.06 bits per heavy atom. The van der Waals surface area contributed by atoms with Gasteiger partial charge >= 0.3 is 0 Å². The molecule has 2 aromatic carbocycles. The van der Waals surface area contributed by atoms with E-state index in [9.17, 15) is 13.2 Å². The minimum atomic E-state index is -3.49. The van der Waals surface area contributed by atoms with Crippen LogP contribution in [0.25, 0.3) is 6.08 Å². The van der Waals surface area contributed by atoms with Crippen molar-refractivity contribution in [2.24, 2.45) is 0 Å². The molecule has 1 atom stereocenters. The van der Waals surface area contributed by atoms with Crippen LogP contribution >= 0.6 is 0 Å². The Morgan fingerprint density at radius 2 is 1.77 bits per heavy atom. The minimum Gasteiger partial charge on any atom is -0.497 e. The van der Waals surface area contributed by atoms with Crippen molar-refractivity contribution in [3.05, 3.63) is 59.7 Å². The molecule has 0 aliphatic carbocycles. The number of piperidine rings is 1. The van der Waals surface area contributed by atoms with Crippen LogP contribution in [-0.4, -0.2) is 44.9 Å². The zero-order valence-electron chi connectivity index (χ0n) is 18.0. The maximum atomic E-state index is 13.0. The van der Waals surface area contributed by atoms with Crippen molar-refractivity contribution >= 4 is 27.7 Å². The van der Waals surface area contributed by atoms with Gasteiger partial charge in [0.05, 0.1) is 12.0 Å². The van der Waals surface area contributed by atoms with Crippen molar-refractivity contribution in [3.63, 3.8) is 0 Å². The summed E-state index contributed by atoms with van der Waals surface area (Å²) in [5.41, 5.74) is 2.59. The van der Waals surface area contributed by atoms with E-state index in [0.29, 0.717) is 24.4 Å². The summed E-state index contributed by atoms with van der Waals surface area (Å²) in [7, 11) is -1.87. The van der Waals surface area contributed by atoms with Gasteiger partial charge in [-0.05, 0) is 73.7 Å². The van der Waals surface area contributed by atoms with E-state index in [1.807, 2.05) is 31.2 Å². The molecule has 0 saturated carbocycles. The summed E-state index contributed by atoms with van der Waals surface area (Å²) in [4.78, 5) is 15.0. The van der Waals surface area contributed by atoms with Crippen LogP contribution in [0.15, 0.2) is 53.4 Å². The lowest BCUT2D eigenvalue weighted by Gasteiger charge is -2.26. The van der Waals surface area contributed by atoms with Gasteiger partial charge in [0.15, 0.2) is 0 Å². The van der Waals surface area contributed by atoms with Gasteiger partial charge in [0.2, 0.25) is 10.0 Å². The molecule has 7 heteroatoms. The van der Waals surface area contributed by atoms with Gasteiger partial charge in [-0.15, -0.1) is 0 Å². The molecule has 164 valence electrons. The summed E-state index contributed by atoms with van der Waals surface area (Å²) < 4.78 is 32.8. The van der Waals surface area contributed by atoms with E-state index in [1.54, 1.807) is 46.7 Å². The lowest BCUT2D eigenvalue weighted by Crippen LogP contribution is -2.35. The van der Waals surface area contributed by atoms with E-state index in [2.05, 4.69) is 0 Å². The number of sulfonamides is 1. The maximum Gasteiger partial charge on any atom is 0.251 e. The van der Waals surface area contributed by atoms with Gasteiger partial charge in [0, 0.05) is 30.9 Å². The fourth-order valence-electron chi connectivity index (χ4n) is 4.32. The van der Waals surface area contributed by atoms with Gasteiger partial charge < -0.3 is 9.64 Å². The first-order chi connectivity index (χ1) is 14.9. The van der Waals surface area contributed by atoms with Gasteiger partial charge in [0.1, 0.15) is 5.75 Å². The lowest BCUT2D eigenvalue weighted by atomic mass is 10.1. The molecule has 2 aromatic rings. The summed E-state index contributed by atoms with van der Waals surface area (Å²) in [6, 6.07) is 12.6. The van der Waals surface area contributed by atoms with Crippen LogP contribution < -0.4 is 9.64 Å². The Labute approximate surface area is 184 Å². The number of fused-ring (bicyclic) bond motifs is 1. The first-order valence-electron chi connectivity index (χ1n) is 10.7. The van der Waals surface area contributed by atoms with Gasteiger partial charge in [-0.25, -0.2) is 8.42 Å². The second-order valence-corrected chi connectivity index (χ2v) is 10.1. The molecular weight excluding hydrogens is 412 g/mol. The molecule has 0 radical (unpaired) electrons. The molecule has 31 heavy (non-hydrogen) atoms. The quantitative estimate of drug-likeness (QED) is 0.662. The number of carbonyl (C=O) groups excluding carboxylic acids is 1. The summed E-state index contributed by atoms with van der Waals surface area (Å²) in [5, 5.41) is 0. The second-order valence-electron chi connectivity index (χ2n) is 8.12. The average Bonchev–Trinajstić information content (AvgIpc) is 3.13. The summed E-state index contributed by atoms with van der Waals surface area (Å²) in [6.07, 6.45) is 6.87. The number of carbonyl (C=O) groups is 1. The summed E-state index contributed by atoms with van der Waals surface area (Å²) >= 11 is 0. The van der Waals surface area contributed by atoms with Crippen molar-refractivity contribution in [3.8, 4) is 5.75 Å². The van der Waals surface area contributed by atoms with Crippen LogP contribution in [0.3, 0.4) is 0 Å². The van der Waals surface area contributed by atoms with Crippen molar-refractivity contribution in [2.75, 3.05) is 25.1 Å². The van der Waals surface area contributed by atoms with Crippen molar-refractivity contribution < 1.29 is 17.9 Å². The van der Waals surface area contributed by atoms with Crippen LogP contribution in [0.5, 0.6) is 5.75 Å². The monoisotopic (exact) mass is 440 g/mol. The third-order valence-electron chi connectivity index (χ3n) is 5.99. The highest BCUT2D eigenvalue weighted by atomic mass is 32.2. The Kier molecular flexibility index (Phi) is 6.16. The number of amides is 1. The van der Waals surface area contributed by atoms with Crippen LogP contribution in [-0.2, 0) is 21.2 Å². The van der Waals surface area contributed by atoms with Crippen LogP contribution in [0.4, 0.5) is 5.69 Å². The SMILES string of the molecule is COc1ccc(/C=C/C(=O)N2c3ccc(S(=O)(=O)N4CCCCC4)cc3CC2C)cc1. The molecule has 6 nitrogen and oxygen atoms in total. The lowest BCUT2D eigenvalue weighted by molar-refractivity contribution is -0.114. The standard InChI is InChI=1S/C24H28N2O4S/c1-18-16-20-17-22(31(28,29)25-14-4-3-5-15-25)11-12-23(20)26(18)24(27)13-8-19-6-9-21(30-2)10-7-19/h6-13,17-18H,3-5,14-16H2,1-2H3/b13-8+. The molecule has 0 spiro atoms. The van der Waals surface area contributed by atoms with Gasteiger partial charge in [-0.2, -0.15) is 4.31 Å². The third kappa shape index (κ3) is 4.38. The van der Waals surface area contributed by atoms with Crippen LogP contribution in [0.2, 0.25) is 0 Å². The van der Waals surface area contributed by atoms with Crippen molar-refractivity contribution in [2.45, 2.75) is 43.5 Å². The first kappa shape index (κ1) is 21.6.